The molecule has 0 fully saturated rings. The number of hydrogen-bond acceptors (Lipinski definition) is 5. The first-order valence-electron chi connectivity index (χ1n) is 7.15. The zero-order valence-electron chi connectivity index (χ0n) is 12.8. The number of phenolic OH excluding ortho intramolecular Hbond substituents is 1. The lowest BCUT2D eigenvalue weighted by Gasteiger charge is -2.09. The summed E-state index contributed by atoms with van der Waals surface area (Å²) in [5.74, 6) is -0.931. The molecule has 0 saturated carbocycles. The number of hydrogen-bond donors (Lipinski definition) is 4. The van der Waals surface area contributed by atoms with E-state index in [-0.39, 0.29) is 5.91 Å². The molecule has 0 unspecified atom stereocenters. The van der Waals surface area contributed by atoms with Gasteiger partial charge in [-0.25, -0.2) is 0 Å². The van der Waals surface area contributed by atoms with Crippen molar-refractivity contribution in [3.63, 3.8) is 0 Å². The second kappa shape index (κ2) is 6.08. The molecule has 5 N–H and O–H groups in total. The van der Waals surface area contributed by atoms with Gasteiger partial charge in [-0.2, -0.15) is 8.42 Å². The zero-order valence-corrected chi connectivity index (χ0v) is 13.6. The fourth-order valence-corrected chi connectivity index (χ4v) is 3.03. The number of carbonyl (C=O) groups is 1. The predicted molar refractivity (Wildman–Crippen MR) is 94.2 cm³/mol. The van der Waals surface area contributed by atoms with Crippen molar-refractivity contribution in [1.29, 1.82) is 0 Å². The Kier molecular flexibility index (Phi) is 4.07. The van der Waals surface area contributed by atoms with Gasteiger partial charge in [-0.3, -0.25) is 9.35 Å². The van der Waals surface area contributed by atoms with Crippen LogP contribution < -0.4 is 11.1 Å². The van der Waals surface area contributed by atoms with Crippen LogP contribution in [0.25, 0.3) is 10.8 Å². The summed E-state index contributed by atoms with van der Waals surface area (Å²) in [6.45, 7) is 0. The summed E-state index contributed by atoms with van der Waals surface area (Å²) in [4.78, 5) is 11.7. The Morgan fingerprint density at radius 1 is 1.00 bits per heavy atom. The van der Waals surface area contributed by atoms with E-state index in [1.54, 1.807) is 42.5 Å². The van der Waals surface area contributed by atoms with E-state index >= 15 is 0 Å². The molecule has 0 aliphatic heterocycles. The van der Waals surface area contributed by atoms with E-state index in [1.165, 1.54) is 6.07 Å². The minimum absolute atomic E-state index is 0.356. The van der Waals surface area contributed by atoms with Gasteiger partial charge in [0.05, 0.1) is 0 Å². The average molecular weight is 358 g/mol. The maximum absolute atomic E-state index is 12.2. The van der Waals surface area contributed by atoms with Gasteiger partial charge in [-0.15, -0.1) is 0 Å². The van der Waals surface area contributed by atoms with Gasteiger partial charge in [0, 0.05) is 16.9 Å². The molecule has 3 aromatic carbocycles. The molecule has 25 heavy (non-hydrogen) atoms. The molecule has 0 radical (unpaired) electrons. The lowest BCUT2D eigenvalue weighted by atomic mass is 10.1. The molecule has 8 heteroatoms. The third kappa shape index (κ3) is 3.54. The maximum atomic E-state index is 12.2. The summed E-state index contributed by atoms with van der Waals surface area (Å²) < 4.78 is 31.5. The number of aromatic hydroxyl groups is 1. The molecule has 1 amide bonds. The van der Waals surface area contributed by atoms with Crippen LogP contribution in [-0.2, 0) is 10.1 Å². The van der Waals surface area contributed by atoms with E-state index in [9.17, 15) is 18.3 Å². The number of carbonyl (C=O) groups excluding carboxylic acids is 1. The highest BCUT2D eigenvalue weighted by Gasteiger charge is 2.16. The fraction of sp³-hybridized carbons (Fsp3) is 0. The van der Waals surface area contributed by atoms with E-state index in [2.05, 4.69) is 5.32 Å². The number of fused-ring (bicyclic) bond motifs is 1. The number of benzene rings is 3. The molecule has 0 aliphatic carbocycles. The van der Waals surface area contributed by atoms with Crippen LogP contribution in [0.1, 0.15) is 10.4 Å². The Morgan fingerprint density at radius 3 is 2.44 bits per heavy atom. The van der Waals surface area contributed by atoms with Crippen LogP contribution >= 0.6 is 0 Å². The largest absolute Gasteiger partial charge is 0.506 e. The molecule has 0 spiro atoms. The van der Waals surface area contributed by atoms with Crippen LogP contribution in [0, 0.1) is 0 Å². The van der Waals surface area contributed by atoms with Crippen LogP contribution in [0.4, 0.5) is 11.4 Å². The Hall–Kier alpha value is -3.10. The van der Waals surface area contributed by atoms with Gasteiger partial charge in [-0.05, 0) is 53.2 Å². The van der Waals surface area contributed by atoms with E-state index in [4.69, 9.17) is 10.3 Å². The fourth-order valence-electron chi connectivity index (χ4n) is 2.43. The molecule has 3 aromatic rings. The van der Waals surface area contributed by atoms with Crippen molar-refractivity contribution < 1.29 is 22.9 Å². The molecule has 0 atom stereocenters. The van der Waals surface area contributed by atoms with Crippen molar-refractivity contribution in [2.45, 2.75) is 4.90 Å². The van der Waals surface area contributed by atoms with Gasteiger partial charge in [0.25, 0.3) is 16.0 Å². The number of nitrogen functional groups attached to an aromatic ring is 1. The third-order valence-corrected chi connectivity index (χ3v) is 4.49. The highest BCUT2D eigenvalue weighted by molar-refractivity contribution is 7.86. The number of amides is 1. The molecule has 0 heterocycles. The van der Waals surface area contributed by atoms with Crippen molar-refractivity contribution in [3.05, 3.63) is 60.2 Å². The molecular formula is C17H14N2O5S. The Morgan fingerprint density at radius 2 is 1.76 bits per heavy atom. The Balaban J connectivity index is 1.95. The standard InChI is InChI=1S/C17H14N2O5S/c18-13-3-1-2-11(6-13)17(21)19-14-5-4-10-9-16(25(22,23)24)15(20)8-12(10)7-14/h1-9,20H,18H2,(H,19,21)(H,22,23,24). The van der Waals surface area contributed by atoms with E-state index in [0.29, 0.717) is 27.7 Å². The van der Waals surface area contributed by atoms with Crippen molar-refractivity contribution in [1.82, 2.24) is 0 Å². The van der Waals surface area contributed by atoms with Crippen LogP contribution in [-0.4, -0.2) is 24.0 Å². The first-order chi connectivity index (χ1) is 11.7. The molecule has 128 valence electrons. The second-order valence-electron chi connectivity index (χ2n) is 5.44. The summed E-state index contributed by atoms with van der Waals surface area (Å²) >= 11 is 0. The minimum atomic E-state index is -4.53. The van der Waals surface area contributed by atoms with Crippen LogP contribution in [0.15, 0.2) is 59.5 Å². The Labute approximate surface area is 143 Å². The molecule has 0 aromatic heterocycles. The van der Waals surface area contributed by atoms with E-state index < -0.39 is 20.8 Å². The quantitative estimate of drug-likeness (QED) is 0.421. The third-order valence-electron chi connectivity index (χ3n) is 3.60. The number of nitrogens with two attached hydrogens (primary N) is 1. The topological polar surface area (TPSA) is 130 Å². The van der Waals surface area contributed by atoms with Crippen molar-refractivity contribution >= 4 is 38.2 Å². The summed E-state index contributed by atoms with van der Waals surface area (Å²) in [7, 11) is -4.53. The lowest BCUT2D eigenvalue weighted by Crippen LogP contribution is -2.12. The molecular weight excluding hydrogens is 344 g/mol. The van der Waals surface area contributed by atoms with Crippen molar-refractivity contribution in [2.75, 3.05) is 11.1 Å². The molecule has 3 rings (SSSR count). The van der Waals surface area contributed by atoms with Gasteiger partial charge in [0.2, 0.25) is 0 Å². The van der Waals surface area contributed by atoms with Crippen molar-refractivity contribution in [3.8, 4) is 5.75 Å². The number of nitrogens with one attached hydrogen (secondary N) is 1. The van der Waals surface area contributed by atoms with Gasteiger partial charge < -0.3 is 16.2 Å². The highest BCUT2D eigenvalue weighted by Crippen LogP contribution is 2.30. The zero-order chi connectivity index (χ0) is 18.2. The number of anilines is 2. The lowest BCUT2D eigenvalue weighted by molar-refractivity contribution is 0.102. The summed E-state index contributed by atoms with van der Waals surface area (Å²) in [5.41, 5.74) is 6.97. The van der Waals surface area contributed by atoms with Gasteiger partial charge in [0.1, 0.15) is 10.6 Å². The maximum Gasteiger partial charge on any atom is 0.298 e. The first-order valence-corrected chi connectivity index (χ1v) is 8.59. The first kappa shape index (κ1) is 16.7. The number of rotatable bonds is 3. The minimum Gasteiger partial charge on any atom is -0.506 e. The number of phenols is 1. The Bertz CT molecular complexity index is 1090. The van der Waals surface area contributed by atoms with E-state index in [1.807, 2.05) is 0 Å². The van der Waals surface area contributed by atoms with Crippen LogP contribution in [0.3, 0.4) is 0 Å². The van der Waals surface area contributed by atoms with Crippen LogP contribution in [0.2, 0.25) is 0 Å². The normalized spacial score (nSPS) is 11.4. The molecule has 0 aliphatic rings. The van der Waals surface area contributed by atoms with Gasteiger partial charge in [-0.1, -0.05) is 12.1 Å². The molecule has 0 bridgehead atoms. The van der Waals surface area contributed by atoms with E-state index in [0.717, 1.165) is 6.07 Å². The summed E-state index contributed by atoms with van der Waals surface area (Å²) in [6.07, 6.45) is 0. The summed E-state index contributed by atoms with van der Waals surface area (Å²) in [6, 6.07) is 13.6. The van der Waals surface area contributed by atoms with Crippen LogP contribution in [0.5, 0.6) is 5.75 Å². The van der Waals surface area contributed by atoms with Gasteiger partial charge in [0.15, 0.2) is 0 Å². The monoisotopic (exact) mass is 358 g/mol. The highest BCUT2D eigenvalue weighted by atomic mass is 32.2. The molecule has 7 nitrogen and oxygen atoms in total. The average Bonchev–Trinajstić information content (AvgIpc) is 2.53. The molecule has 0 saturated heterocycles. The smallest absolute Gasteiger partial charge is 0.298 e. The van der Waals surface area contributed by atoms with Crippen molar-refractivity contribution in [2.24, 2.45) is 0 Å². The summed E-state index contributed by atoms with van der Waals surface area (Å²) in [5, 5.41) is 13.5. The SMILES string of the molecule is Nc1cccc(C(=O)Nc2ccc3cc(S(=O)(=O)O)c(O)cc3c2)c1. The van der Waals surface area contributed by atoms with Gasteiger partial charge >= 0.3 is 0 Å². The second-order valence-corrected chi connectivity index (χ2v) is 6.83. The predicted octanol–water partition coefficient (Wildman–Crippen LogP) is 2.63.